The van der Waals surface area contributed by atoms with Gasteiger partial charge in [0.1, 0.15) is 0 Å². The summed E-state index contributed by atoms with van der Waals surface area (Å²) in [5.74, 6) is 2.87. The summed E-state index contributed by atoms with van der Waals surface area (Å²) < 4.78 is 1.04. The minimum atomic E-state index is 0.874. The lowest BCUT2D eigenvalue weighted by Gasteiger charge is -2.22. The van der Waals surface area contributed by atoms with Gasteiger partial charge in [-0.2, -0.15) is 0 Å². The van der Waals surface area contributed by atoms with Crippen LogP contribution in [0.5, 0.6) is 0 Å². The lowest BCUT2D eigenvalue weighted by atomic mass is 9.89. The van der Waals surface area contributed by atoms with Gasteiger partial charge in [0.15, 0.2) is 0 Å². The number of rotatable bonds is 3. The predicted molar refractivity (Wildman–Crippen MR) is 86.9 cm³/mol. The highest BCUT2D eigenvalue weighted by molar-refractivity contribution is 9.10. The summed E-state index contributed by atoms with van der Waals surface area (Å²) in [5, 5.41) is 4.85. The Morgan fingerprint density at radius 3 is 3.00 bits per heavy atom. The normalized spacial score (nSPS) is 28.1. The summed E-state index contributed by atoms with van der Waals surface area (Å²) >= 11 is 3.49. The van der Waals surface area contributed by atoms with E-state index in [1.54, 1.807) is 0 Å². The molecule has 0 spiro atoms. The molecule has 0 amide bonds. The monoisotopic (exact) mass is 330 g/mol. The first-order valence-electron chi connectivity index (χ1n) is 7.58. The molecule has 1 N–H and O–H groups in total. The third-order valence-corrected chi connectivity index (χ3v) is 5.55. The fourth-order valence-corrected chi connectivity index (χ4v) is 4.49. The zero-order chi connectivity index (χ0) is 13.5. The quantitative estimate of drug-likeness (QED) is 0.870. The molecule has 2 aliphatic carbocycles. The Morgan fingerprint density at radius 2 is 2.20 bits per heavy atom. The SMILES string of the molecule is Brc1cnc2c(NCC3CC4CCC3C4)cccc2c1. The third kappa shape index (κ3) is 2.22. The molecule has 0 radical (unpaired) electrons. The molecule has 1 aromatic carbocycles. The van der Waals surface area contributed by atoms with E-state index in [4.69, 9.17) is 0 Å². The molecule has 2 fully saturated rings. The molecule has 1 aromatic heterocycles. The molecule has 2 bridgehead atoms. The van der Waals surface area contributed by atoms with Crippen molar-refractivity contribution in [3.05, 3.63) is 34.9 Å². The van der Waals surface area contributed by atoms with Crippen LogP contribution in [0.2, 0.25) is 0 Å². The summed E-state index contributed by atoms with van der Waals surface area (Å²) in [6.07, 6.45) is 7.72. The number of nitrogens with zero attached hydrogens (tertiary/aromatic N) is 1. The molecule has 4 rings (SSSR count). The molecule has 2 aliphatic rings. The molecule has 0 aliphatic heterocycles. The number of para-hydroxylation sites is 1. The van der Waals surface area contributed by atoms with E-state index in [9.17, 15) is 0 Å². The molecule has 0 saturated heterocycles. The number of hydrogen-bond acceptors (Lipinski definition) is 2. The Kier molecular flexibility index (Phi) is 3.18. The number of anilines is 1. The Bertz CT molecular complexity index is 640. The molecule has 2 nitrogen and oxygen atoms in total. The molecule has 3 heteroatoms. The Hall–Kier alpha value is -1.09. The van der Waals surface area contributed by atoms with E-state index in [0.717, 1.165) is 34.3 Å². The van der Waals surface area contributed by atoms with Gasteiger partial charge in [-0.05, 0) is 65.1 Å². The van der Waals surface area contributed by atoms with Crippen molar-refractivity contribution >= 4 is 32.5 Å². The Morgan fingerprint density at radius 1 is 1.25 bits per heavy atom. The number of fused-ring (bicyclic) bond motifs is 3. The van der Waals surface area contributed by atoms with E-state index in [1.165, 1.54) is 36.8 Å². The van der Waals surface area contributed by atoms with Crippen LogP contribution < -0.4 is 5.32 Å². The summed E-state index contributed by atoms with van der Waals surface area (Å²) in [4.78, 5) is 4.56. The maximum atomic E-state index is 4.56. The van der Waals surface area contributed by atoms with Crippen LogP contribution in [0, 0.1) is 17.8 Å². The summed E-state index contributed by atoms with van der Waals surface area (Å²) in [5.41, 5.74) is 2.26. The van der Waals surface area contributed by atoms with Gasteiger partial charge in [0.05, 0.1) is 11.2 Å². The average Bonchev–Trinajstić information content (AvgIpc) is 3.07. The minimum Gasteiger partial charge on any atom is -0.383 e. The molecule has 3 atom stereocenters. The van der Waals surface area contributed by atoms with Crippen LogP contribution >= 0.6 is 15.9 Å². The van der Waals surface area contributed by atoms with Crippen molar-refractivity contribution in [1.29, 1.82) is 0 Å². The lowest BCUT2D eigenvalue weighted by molar-refractivity contribution is 0.348. The second kappa shape index (κ2) is 5.03. The Labute approximate surface area is 128 Å². The van der Waals surface area contributed by atoms with Crippen LogP contribution in [0.15, 0.2) is 34.9 Å². The standard InChI is InChI=1S/C17H19BrN2/c18-15-8-13-2-1-3-16(17(13)20-10-15)19-9-14-7-11-4-5-12(14)6-11/h1-3,8,10-12,14,19H,4-7,9H2. The highest BCUT2D eigenvalue weighted by atomic mass is 79.9. The number of halogens is 1. The molecule has 1 heterocycles. The highest BCUT2D eigenvalue weighted by Gasteiger charge is 2.39. The fourth-order valence-electron chi connectivity index (χ4n) is 4.14. The Balaban J connectivity index is 1.54. The van der Waals surface area contributed by atoms with Crippen molar-refractivity contribution in [3.63, 3.8) is 0 Å². The van der Waals surface area contributed by atoms with Gasteiger partial charge in [-0.3, -0.25) is 4.98 Å². The van der Waals surface area contributed by atoms with E-state index in [0.29, 0.717) is 0 Å². The van der Waals surface area contributed by atoms with E-state index in [2.05, 4.69) is 50.5 Å². The number of nitrogens with one attached hydrogen (secondary N) is 1. The minimum absolute atomic E-state index is 0.874. The second-order valence-electron chi connectivity index (χ2n) is 6.35. The molecule has 2 aromatic rings. The maximum Gasteiger partial charge on any atom is 0.0934 e. The van der Waals surface area contributed by atoms with Gasteiger partial charge < -0.3 is 5.32 Å². The van der Waals surface area contributed by atoms with Crippen LogP contribution in [-0.4, -0.2) is 11.5 Å². The van der Waals surface area contributed by atoms with Crippen LogP contribution in [0.1, 0.15) is 25.7 Å². The molecule has 2 saturated carbocycles. The number of pyridine rings is 1. The van der Waals surface area contributed by atoms with Crippen LogP contribution in [0.4, 0.5) is 5.69 Å². The summed E-state index contributed by atoms with van der Waals surface area (Å²) in [6, 6.07) is 8.51. The third-order valence-electron chi connectivity index (χ3n) is 5.12. The maximum absolute atomic E-state index is 4.56. The molecule has 20 heavy (non-hydrogen) atoms. The summed E-state index contributed by atoms with van der Waals surface area (Å²) in [6.45, 7) is 1.11. The van der Waals surface area contributed by atoms with Gasteiger partial charge in [0.2, 0.25) is 0 Å². The summed E-state index contributed by atoms with van der Waals surface area (Å²) in [7, 11) is 0. The van der Waals surface area contributed by atoms with Crippen molar-refractivity contribution in [1.82, 2.24) is 4.98 Å². The topological polar surface area (TPSA) is 24.9 Å². The van der Waals surface area contributed by atoms with Crippen molar-refractivity contribution in [2.24, 2.45) is 17.8 Å². The van der Waals surface area contributed by atoms with E-state index in [-0.39, 0.29) is 0 Å². The lowest BCUT2D eigenvalue weighted by Crippen LogP contribution is -2.20. The highest BCUT2D eigenvalue weighted by Crippen LogP contribution is 2.48. The molecular weight excluding hydrogens is 312 g/mol. The van der Waals surface area contributed by atoms with Gasteiger partial charge in [0, 0.05) is 22.6 Å². The first kappa shape index (κ1) is 12.6. The van der Waals surface area contributed by atoms with Crippen molar-refractivity contribution < 1.29 is 0 Å². The zero-order valence-electron chi connectivity index (χ0n) is 11.5. The van der Waals surface area contributed by atoms with Gasteiger partial charge in [-0.15, -0.1) is 0 Å². The van der Waals surface area contributed by atoms with Gasteiger partial charge in [0.25, 0.3) is 0 Å². The van der Waals surface area contributed by atoms with Crippen molar-refractivity contribution in [3.8, 4) is 0 Å². The van der Waals surface area contributed by atoms with Gasteiger partial charge >= 0.3 is 0 Å². The molecule has 104 valence electrons. The number of hydrogen-bond donors (Lipinski definition) is 1. The van der Waals surface area contributed by atoms with E-state index < -0.39 is 0 Å². The average molecular weight is 331 g/mol. The van der Waals surface area contributed by atoms with Crippen molar-refractivity contribution in [2.75, 3.05) is 11.9 Å². The van der Waals surface area contributed by atoms with Gasteiger partial charge in [-0.25, -0.2) is 0 Å². The fraction of sp³-hybridized carbons (Fsp3) is 0.471. The van der Waals surface area contributed by atoms with Crippen LogP contribution in [0.3, 0.4) is 0 Å². The smallest absolute Gasteiger partial charge is 0.0934 e. The van der Waals surface area contributed by atoms with Crippen LogP contribution in [0.25, 0.3) is 10.9 Å². The van der Waals surface area contributed by atoms with Crippen molar-refractivity contribution in [2.45, 2.75) is 25.7 Å². The first-order valence-corrected chi connectivity index (χ1v) is 8.37. The molecule has 3 unspecified atom stereocenters. The number of aromatic nitrogens is 1. The zero-order valence-corrected chi connectivity index (χ0v) is 13.1. The van der Waals surface area contributed by atoms with E-state index >= 15 is 0 Å². The molecular formula is C17H19BrN2. The first-order chi connectivity index (χ1) is 9.79. The number of benzene rings is 1. The van der Waals surface area contributed by atoms with Gasteiger partial charge in [-0.1, -0.05) is 18.6 Å². The largest absolute Gasteiger partial charge is 0.383 e. The second-order valence-corrected chi connectivity index (χ2v) is 7.26. The van der Waals surface area contributed by atoms with Crippen LogP contribution in [-0.2, 0) is 0 Å². The van der Waals surface area contributed by atoms with E-state index in [1.807, 2.05) is 6.20 Å². The predicted octanol–water partition coefficient (Wildman–Crippen LogP) is 4.85.